The Bertz CT molecular complexity index is 1760. The number of carbonyl (C=O) groups is 2. The molecule has 7 rings (SSSR count). The van der Waals surface area contributed by atoms with E-state index in [9.17, 15) is 22.8 Å². The van der Waals surface area contributed by atoms with Crippen LogP contribution in [0.3, 0.4) is 0 Å². The molecule has 2 amide bonds. The van der Waals surface area contributed by atoms with Gasteiger partial charge in [-0.25, -0.2) is 0 Å². The number of anilines is 1. The molecule has 3 aromatic rings. The zero-order valence-corrected chi connectivity index (χ0v) is 25.6. The molecule has 234 valence electrons. The molecule has 1 spiro atoms. The Morgan fingerprint density at radius 2 is 1.91 bits per heavy atom. The number of hydrogen-bond acceptors (Lipinski definition) is 5. The van der Waals surface area contributed by atoms with Crippen molar-refractivity contribution in [1.82, 2.24) is 24.6 Å². The second-order valence-electron chi connectivity index (χ2n) is 13.5. The number of fused-ring (bicyclic) bond motifs is 1. The van der Waals surface area contributed by atoms with Crippen LogP contribution < -0.4 is 4.90 Å². The quantitative estimate of drug-likeness (QED) is 0.387. The van der Waals surface area contributed by atoms with Gasteiger partial charge in [0.05, 0.1) is 17.5 Å². The van der Waals surface area contributed by atoms with Crippen LogP contribution in [0.4, 0.5) is 18.9 Å². The molecule has 4 aliphatic rings. The highest BCUT2D eigenvalue weighted by molar-refractivity contribution is 6.10. The number of nitrogens with zero attached hydrogens (tertiary/aromatic N) is 6. The number of halogens is 3. The van der Waals surface area contributed by atoms with Gasteiger partial charge in [-0.2, -0.15) is 13.2 Å². The van der Waals surface area contributed by atoms with Crippen molar-refractivity contribution in [3.63, 3.8) is 0 Å². The second kappa shape index (κ2) is 10.4. The number of hydrogen-bond donors (Lipinski definition) is 0. The summed E-state index contributed by atoms with van der Waals surface area (Å²) >= 11 is 0. The lowest BCUT2D eigenvalue weighted by Gasteiger charge is -2.48. The van der Waals surface area contributed by atoms with Gasteiger partial charge in [-0.1, -0.05) is 25.0 Å². The van der Waals surface area contributed by atoms with Crippen LogP contribution in [-0.2, 0) is 36.5 Å². The minimum atomic E-state index is -4.60. The van der Waals surface area contributed by atoms with Gasteiger partial charge in [0, 0.05) is 56.4 Å². The Morgan fingerprint density at radius 1 is 1.13 bits per heavy atom. The summed E-state index contributed by atoms with van der Waals surface area (Å²) in [7, 11) is 1.91. The van der Waals surface area contributed by atoms with Gasteiger partial charge in [-0.3, -0.25) is 14.5 Å². The highest BCUT2D eigenvalue weighted by atomic mass is 19.4. The summed E-state index contributed by atoms with van der Waals surface area (Å²) in [4.78, 5) is 31.3. The summed E-state index contributed by atoms with van der Waals surface area (Å²) in [6.07, 6.45) is -0.331. The van der Waals surface area contributed by atoms with E-state index < -0.39 is 17.6 Å². The second-order valence-corrected chi connectivity index (χ2v) is 13.5. The number of likely N-dealkylation sites (tertiary alicyclic amines) is 2. The molecule has 45 heavy (non-hydrogen) atoms. The number of amides is 2. The Kier molecular flexibility index (Phi) is 6.85. The summed E-state index contributed by atoms with van der Waals surface area (Å²) in [5.74, 6) is 5.97. The molecule has 4 heterocycles. The van der Waals surface area contributed by atoms with E-state index in [1.54, 1.807) is 30.3 Å². The molecule has 0 radical (unpaired) electrons. The molecule has 2 saturated heterocycles. The molecule has 0 N–H and O–H groups in total. The fraction of sp³-hybridized carbons (Fsp3) is 0.471. The van der Waals surface area contributed by atoms with Crippen LogP contribution in [0.1, 0.15) is 71.5 Å². The van der Waals surface area contributed by atoms with E-state index in [0.29, 0.717) is 49.9 Å². The van der Waals surface area contributed by atoms with Gasteiger partial charge in [0.15, 0.2) is 0 Å². The highest BCUT2D eigenvalue weighted by Crippen LogP contribution is 2.52. The summed E-state index contributed by atoms with van der Waals surface area (Å²) in [5, 5.41) is 8.49. The van der Waals surface area contributed by atoms with Gasteiger partial charge >= 0.3 is 6.18 Å². The average molecular weight is 617 g/mol. The fourth-order valence-electron chi connectivity index (χ4n) is 8.21. The lowest BCUT2D eigenvalue weighted by Crippen LogP contribution is -2.57. The maximum Gasteiger partial charge on any atom is 0.416 e. The first kappa shape index (κ1) is 29.5. The monoisotopic (exact) mass is 616 g/mol. The maximum atomic E-state index is 14.4. The molecule has 1 aliphatic carbocycles. The third-order valence-corrected chi connectivity index (χ3v) is 10.1. The van der Waals surface area contributed by atoms with E-state index in [-0.39, 0.29) is 34.4 Å². The number of alkyl halides is 3. The van der Waals surface area contributed by atoms with Crippen LogP contribution in [0.25, 0.3) is 0 Å². The average Bonchev–Trinajstić information content (AvgIpc) is 3.68. The van der Waals surface area contributed by atoms with Crippen LogP contribution in [0, 0.1) is 23.2 Å². The maximum absolute atomic E-state index is 14.4. The van der Waals surface area contributed by atoms with Crippen molar-refractivity contribution in [2.75, 3.05) is 31.1 Å². The van der Waals surface area contributed by atoms with Gasteiger partial charge in [-0.15, -0.1) is 10.2 Å². The molecule has 0 atom stereocenters. The van der Waals surface area contributed by atoms with E-state index in [2.05, 4.69) is 33.9 Å². The molecule has 1 aromatic heterocycles. The molecule has 3 fully saturated rings. The minimum absolute atomic E-state index is 0.0176. The summed E-state index contributed by atoms with van der Waals surface area (Å²) in [6.45, 7) is 6.61. The van der Waals surface area contributed by atoms with Crippen molar-refractivity contribution < 1.29 is 22.8 Å². The molecule has 0 bridgehead atoms. The third-order valence-electron chi connectivity index (χ3n) is 10.1. The topological polar surface area (TPSA) is 74.6 Å². The molecule has 2 aromatic carbocycles. The van der Waals surface area contributed by atoms with Gasteiger partial charge < -0.3 is 14.4 Å². The van der Waals surface area contributed by atoms with Crippen LogP contribution in [0.15, 0.2) is 42.7 Å². The normalized spacial score (nSPS) is 23.9. The summed E-state index contributed by atoms with van der Waals surface area (Å²) < 4.78 is 45.2. The zero-order valence-electron chi connectivity index (χ0n) is 25.6. The molecular weight excluding hydrogens is 581 g/mol. The number of aryl methyl sites for hydroxylation is 1. The van der Waals surface area contributed by atoms with Crippen molar-refractivity contribution in [1.29, 1.82) is 0 Å². The van der Waals surface area contributed by atoms with Crippen molar-refractivity contribution in [2.24, 2.45) is 18.4 Å². The molecule has 11 heteroatoms. The standard InChI is InChI=1S/C34H35F3N6O2/c1-4-6-29(44)42-10-9-32(20-42)18-41(19-32)16-23-11-26-27(28(12-23)34(35,36)37)17-43(30(26)45)25-8-5-7-24(13-25)33(14-22(2)15-33)31-39-38-21-40(31)3/h5,7-8,11-13,21-22H,9-10,14-20H2,1-3H3. The highest BCUT2D eigenvalue weighted by Gasteiger charge is 2.50. The zero-order chi connectivity index (χ0) is 31.7. The predicted molar refractivity (Wildman–Crippen MR) is 161 cm³/mol. The lowest BCUT2D eigenvalue weighted by atomic mass is 9.58. The number of aromatic nitrogens is 3. The van der Waals surface area contributed by atoms with Crippen LogP contribution >= 0.6 is 0 Å². The predicted octanol–water partition coefficient (Wildman–Crippen LogP) is 4.77. The first-order valence-electron chi connectivity index (χ1n) is 15.4. The number of benzene rings is 2. The molecule has 0 unspecified atom stereocenters. The van der Waals surface area contributed by atoms with Gasteiger partial charge in [0.2, 0.25) is 0 Å². The molecular formula is C34H35F3N6O2. The smallest absolute Gasteiger partial charge is 0.331 e. The minimum Gasteiger partial charge on any atom is -0.331 e. The van der Waals surface area contributed by atoms with E-state index in [1.165, 1.54) is 11.0 Å². The van der Waals surface area contributed by atoms with E-state index in [1.807, 2.05) is 29.8 Å². The third kappa shape index (κ3) is 4.90. The molecule has 1 saturated carbocycles. The number of carbonyl (C=O) groups excluding carboxylic acids is 2. The summed E-state index contributed by atoms with van der Waals surface area (Å²) in [6, 6.07) is 10.4. The van der Waals surface area contributed by atoms with E-state index in [0.717, 1.165) is 30.7 Å². The summed E-state index contributed by atoms with van der Waals surface area (Å²) in [5.41, 5.74) is 0.983. The molecule has 3 aliphatic heterocycles. The Balaban J connectivity index is 1.13. The van der Waals surface area contributed by atoms with Crippen LogP contribution in [-0.4, -0.2) is 62.6 Å². The first-order valence-corrected chi connectivity index (χ1v) is 15.4. The Labute approximate surface area is 260 Å². The fourth-order valence-corrected chi connectivity index (χ4v) is 8.21. The van der Waals surface area contributed by atoms with Gasteiger partial charge in [0.25, 0.3) is 11.8 Å². The first-order chi connectivity index (χ1) is 21.4. The van der Waals surface area contributed by atoms with Gasteiger partial charge in [0.1, 0.15) is 12.2 Å². The van der Waals surface area contributed by atoms with Crippen molar-refractivity contribution in [3.05, 3.63) is 76.4 Å². The van der Waals surface area contributed by atoms with Crippen LogP contribution in [0.5, 0.6) is 0 Å². The number of rotatable bonds is 5. The van der Waals surface area contributed by atoms with Crippen LogP contribution in [0.2, 0.25) is 0 Å². The van der Waals surface area contributed by atoms with E-state index >= 15 is 0 Å². The van der Waals surface area contributed by atoms with E-state index in [4.69, 9.17) is 0 Å². The molecule has 8 nitrogen and oxygen atoms in total. The lowest BCUT2D eigenvalue weighted by molar-refractivity contribution is -0.138. The van der Waals surface area contributed by atoms with Gasteiger partial charge in [-0.05, 0) is 79.0 Å². The van der Waals surface area contributed by atoms with Crippen molar-refractivity contribution in [3.8, 4) is 11.8 Å². The largest absolute Gasteiger partial charge is 0.416 e. The Hall–Kier alpha value is -4.17. The van der Waals surface area contributed by atoms with Crippen molar-refractivity contribution >= 4 is 17.5 Å². The Morgan fingerprint density at radius 3 is 2.58 bits per heavy atom. The SMILES string of the molecule is CC#CC(=O)N1CCC2(CN(Cc3cc4c(c(C(F)(F)F)c3)CN(c3cccc(C5(c6nncn6C)CC(C)C5)c3)C4=O)C2)C1. The van der Waals surface area contributed by atoms with Crippen molar-refractivity contribution in [2.45, 2.75) is 57.8 Å².